The summed E-state index contributed by atoms with van der Waals surface area (Å²) in [5.41, 5.74) is 12.4. The maximum Gasteiger partial charge on any atom is 0.234 e. The zero-order valence-electron chi connectivity index (χ0n) is 10.9. The summed E-state index contributed by atoms with van der Waals surface area (Å²) in [6.45, 7) is 1.26. The molecule has 0 aromatic heterocycles. The number of piperidine rings is 1. The SMILES string of the molecule is NCC(c1ccccc1Cl)N1CCCCC1C(N)=O. The summed E-state index contributed by atoms with van der Waals surface area (Å²) < 4.78 is 0. The number of halogens is 1. The van der Waals surface area contributed by atoms with Crippen LogP contribution in [0.2, 0.25) is 5.02 Å². The Balaban J connectivity index is 2.30. The Hall–Kier alpha value is -1.10. The van der Waals surface area contributed by atoms with Gasteiger partial charge in [-0.15, -0.1) is 0 Å². The molecule has 0 spiro atoms. The number of carbonyl (C=O) groups excluding carboxylic acids is 1. The van der Waals surface area contributed by atoms with Crippen LogP contribution < -0.4 is 11.5 Å². The minimum atomic E-state index is -0.273. The largest absolute Gasteiger partial charge is 0.368 e. The van der Waals surface area contributed by atoms with E-state index in [0.717, 1.165) is 31.4 Å². The highest BCUT2D eigenvalue weighted by molar-refractivity contribution is 6.31. The Morgan fingerprint density at radius 1 is 1.42 bits per heavy atom. The van der Waals surface area contributed by atoms with Crippen LogP contribution in [0.5, 0.6) is 0 Å². The first-order valence-corrected chi connectivity index (χ1v) is 7.02. The third kappa shape index (κ3) is 3.08. The Morgan fingerprint density at radius 2 is 2.16 bits per heavy atom. The molecule has 1 saturated heterocycles. The molecule has 1 heterocycles. The molecule has 2 unspecified atom stereocenters. The van der Waals surface area contributed by atoms with Crippen molar-refractivity contribution < 1.29 is 4.79 Å². The summed E-state index contributed by atoms with van der Waals surface area (Å²) in [6, 6.07) is 7.36. The van der Waals surface area contributed by atoms with Crippen LogP contribution in [0.3, 0.4) is 0 Å². The highest BCUT2D eigenvalue weighted by Gasteiger charge is 2.33. The van der Waals surface area contributed by atoms with E-state index in [1.807, 2.05) is 24.3 Å². The highest BCUT2D eigenvalue weighted by atomic mass is 35.5. The van der Waals surface area contributed by atoms with E-state index in [0.29, 0.717) is 11.6 Å². The molecule has 2 rings (SSSR count). The van der Waals surface area contributed by atoms with Crippen molar-refractivity contribution in [2.24, 2.45) is 11.5 Å². The average Bonchev–Trinajstić information content (AvgIpc) is 2.42. The number of primary amides is 1. The van der Waals surface area contributed by atoms with Gasteiger partial charge in [0.25, 0.3) is 0 Å². The van der Waals surface area contributed by atoms with Crippen molar-refractivity contribution in [3.05, 3.63) is 34.9 Å². The quantitative estimate of drug-likeness (QED) is 0.882. The Bertz CT molecular complexity index is 452. The molecule has 0 radical (unpaired) electrons. The van der Waals surface area contributed by atoms with E-state index in [1.165, 1.54) is 0 Å². The van der Waals surface area contributed by atoms with E-state index in [9.17, 15) is 4.79 Å². The lowest BCUT2D eigenvalue weighted by atomic mass is 9.96. The fourth-order valence-corrected chi connectivity index (χ4v) is 3.08. The van der Waals surface area contributed by atoms with Crippen LogP contribution in [0.4, 0.5) is 0 Å². The maximum absolute atomic E-state index is 11.6. The molecule has 1 aliphatic rings. The van der Waals surface area contributed by atoms with Crippen molar-refractivity contribution in [1.29, 1.82) is 0 Å². The summed E-state index contributed by atoms with van der Waals surface area (Å²) >= 11 is 6.25. The molecule has 0 bridgehead atoms. The lowest BCUT2D eigenvalue weighted by molar-refractivity contribution is -0.125. The second-order valence-electron chi connectivity index (χ2n) is 4.92. The Labute approximate surface area is 118 Å². The lowest BCUT2D eigenvalue weighted by Crippen LogP contribution is -2.50. The van der Waals surface area contributed by atoms with Gasteiger partial charge in [0.2, 0.25) is 5.91 Å². The molecule has 104 valence electrons. The van der Waals surface area contributed by atoms with E-state index >= 15 is 0 Å². The van der Waals surface area contributed by atoms with Crippen molar-refractivity contribution in [2.45, 2.75) is 31.3 Å². The minimum Gasteiger partial charge on any atom is -0.368 e. The van der Waals surface area contributed by atoms with Gasteiger partial charge >= 0.3 is 0 Å². The molecular formula is C14H20ClN3O. The molecule has 1 aromatic carbocycles. The number of likely N-dealkylation sites (tertiary alicyclic amines) is 1. The normalized spacial score (nSPS) is 22.1. The van der Waals surface area contributed by atoms with Gasteiger partial charge in [0.05, 0.1) is 6.04 Å². The molecule has 4 N–H and O–H groups in total. The molecule has 1 fully saturated rings. The number of carbonyl (C=O) groups is 1. The smallest absolute Gasteiger partial charge is 0.234 e. The molecule has 19 heavy (non-hydrogen) atoms. The summed E-state index contributed by atoms with van der Waals surface area (Å²) in [7, 11) is 0. The van der Waals surface area contributed by atoms with Gasteiger partial charge in [-0.05, 0) is 31.0 Å². The van der Waals surface area contributed by atoms with Gasteiger partial charge < -0.3 is 11.5 Å². The predicted octanol–water partition coefficient (Wildman–Crippen LogP) is 1.68. The summed E-state index contributed by atoms with van der Waals surface area (Å²) in [4.78, 5) is 13.7. The summed E-state index contributed by atoms with van der Waals surface area (Å²) in [5, 5.41) is 0.687. The van der Waals surface area contributed by atoms with Crippen molar-refractivity contribution in [3.8, 4) is 0 Å². The van der Waals surface area contributed by atoms with Gasteiger partial charge in [-0.25, -0.2) is 0 Å². The number of rotatable bonds is 4. The van der Waals surface area contributed by atoms with Gasteiger partial charge in [0.1, 0.15) is 0 Å². The van der Waals surface area contributed by atoms with E-state index in [2.05, 4.69) is 4.90 Å². The molecule has 5 heteroatoms. The van der Waals surface area contributed by atoms with Crippen molar-refractivity contribution in [2.75, 3.05) is 13.1 Å². The van der Waals surface area contributed by atoms with E-state index in [-0.39, 0.29) is 18.0 Å². The van der Waals surface area contributed by atoms with Crippen molar-refractivity contribution in [1.82, 2.24) is 4.90 Å². The second kappa shape index (κ2) is 6.37. The number of benzene rings is 1. The minimum absolute atomic E-state index is 0.0495. The van der Waals surface area contributed by atoms with E-state index in [1.54, 1.807) is 0 Å². The highest BCUT2D eigenvalue weighted by Crippen LogP contribution is 2.31. The third-order valence-electron chi connectivity index (χ3n) is 3.76. The molecule has 1 aromatic rings. The lowest BCUT2D eigenvalue weighted by Gasteiger charge is -2.39. The van der Waals surface area contributed by atoms with Crippen LogP contribution in [0.25, 0.3) is 0 Å². The van der Waals surface area contributed by atoms with Crippen molar-refractivity contribution >= 4 is 17.5 Å². The van der Waals surface area contributed by atoms with Crippen LogP contribution in [-0.2, 0) is 4.79 Å². The molecule has 0 aliphatic carbocycles. The van der Waals surface area contributed by atoms with Gasteiger partial charge in [-0.3, -0.25) is 9.69 Å². The Morgan fingerprint density at radius 3 is 2.79 bits per heavy atom. The average molecular weight is 282 g/mol. The van der Waals surface area contributed by atoms with Gasteiger partial charge in [0, 0.05) is 17.6 Å². The predicted molar refractivity (Wildman–Crippen MR) is 76.8 cm³/mol. The molecule has 0 saturated carbocycles. The first kappa shape index (κ1) is 14.3. The number of nitrogens with zero attached hydrogens (tertiary/aromatic N) is 1. The maximum atomic E-state index is 11.6. The van der Waals surface area contributed by atoms with Crippen LogP contribution in [0.1, 0.15) is 30.9 Å². The standard InChI is InChI=1S/C14H20ClN3O/c15-11-6-2-1-5-10(11)13(9-16)18-8-4-3-7-12(18)14(17)19/h1-2,5-6,12-13H,3-4,7-9,16H2,(H2,17,19). The first-order valence-electron chi connectivity index (χ1n) is 6.64. The molecule has 2 atom stereocenters. The van der Waals surface area contributed by atoms with Crippen LogP contribution in [-0.4, -0.2) is 29.9 Å². The van der Waals surface area contributed by atoms with E-state index in [4.69, 9.17) is 23.1 Å². The number of amides is 1. The third-order valence-corrected chi connectivity index (χ3v) is 4.10. The second-order valence-corrected chi connectivity index (χ2v) is 5.33. The van der Waals surface area contributed by atoms with Gasteiger partial charge in [-0.2, -0.15) is 0 Å². The Kier molecular flexibility index (Phi) is 4.80. The molecule has 1 amide bonds. The number of nitrogens with two attached hydrogens (primary N) is 2. The first-order chi connectivity index (χ1) is 9.15. The fraction of sp³-hybridized carbons (Fsp3) is 0.500. The van der Waals surface area contributed by atoms with Crippen molar-refractivity contribution in [3.63, 3.8) is 0 Å². The van der Waals surface area contributed by atoms with Crippen LogP contribution in [0, 0.1) is 0 Å². The molecule has 4 nitrogen and oxygen atoms in total. The fourth-order valence-electron chi connectivity index (χ4n) is 2.82. The van der Waals surface area contributed by atoms with Gasteiger partial charge in [0.15, 0.2) is 0 Å². The monoisotopic (exact) mass is 281 g/mol. The van der Waals surface area contributed by atoms with Crippen LogP contribution in [0.15, 0.2) is 24.3 Å². The van der Waals surface area contributed by atoms with Gasteiger partial charge in [-0.1, -0.05) is 36.2 Å². The molecule has 1 aliphatic heterocycles. The topological polar surface area (TPSA) is 72.3 Å². The zero-order chi connectivity index (χ0) is 13.8. The summed E-state index contributed by atoms with van der Waals surface area (Å²) in [5.74, 6) is -0.273. The number of hydrogen-bond donors (Lipinski definition) is 2. The summed E-state index contributed by atoms with van der Waals surface area (Å²) in [6.07, 6.45) is 2.89. The van der Waals surface area contributed by atoms with Crippen LogP contribution >= 0.6 is 11.6 Å². The number of hydrogen-bond acceptors (Lipinski definition) is 3. The molecular weight excluding hydrogens is 262 g/mol. The van der Waals surface area contributed by atoms with E-state index < -0.39 is 0 Å². The zero-order valence-corrected chi connectivity index (χ0v) is 11.6.